The second-order valence-corrected chi connectivity index (χ2v) is 6.70. The molecule has 0 aliphatic carbocycles. The molecular weight excluding hydrogens is 303 g/mol. The lowest BCUT2D eigenvalue weighted by Gasteiger charge is -2.32. The molecule has 2 rings (SSSR count). The normalized spacial score (nSPS) is 12.0. The maximum atomic E-state index is 11.4. The van der Waals surface area contributed by atoms with Gasteiger partial charge in [0.1, 0.15) is 5.60 Å². The molecule has 3 heteroatoms. The minimum atomic E-state index is -0.650. The van der Waals surface area contributed by atoms with E-state index in [1.54, 1.807) is 0 Å². The van der Waals surface area contributed by atoms with Crippen LogP contribution in [-0.2, 0) is 14.7 Å². The lowest BCUT2D eigenvalue weighted by atomic mass is 9.82. The molecule has 0 saturated carbocycles. The van der Waals surface area contributed by atoms with E-state index < -0.39 is 5.60 Å². The van der Waals surface area contributed by atoms with Crippen LogP contribution in [0.3, 0.4) is 0 Å². The third kappa shape index (κ3) is 4.73. The minimum absolute atomic E-state index is 0.285. The van der Waals surface area contributed by atoms with Crippen molar-refractivity contribution in [3.63, 3.8) is 0 Å². The smallest absolute Gasteiger partial charge is 0.278 e. The zero-order valence-corrected chi connectivity index (χ0v) is 14.8. The molecule has 2 aromatic rings. The molecule has 2 nitrogen and oxygen atoms in total. The topological polar surface area (TPSA) is 26.3 Å². The Bertz CT molecular complexity index is 542. The molecule has 0 aromatic heterocycles. The molecule has 0 N–H and O–H groups in total. The first-order valence-electron chi connectivity index (χ1n) is 8.31. The van der Waals surface area contributed by atoms with Crippen LogP contribution in [0.15, 0.2) is 60.7 Å². The van der Waals surface area contributed by atoms with E-state index in [-0.39, 0.29) is 8.69 Å². The van der Waals surface area contributed by atoms with Crippen molar-refractivity contribution >= 4 is 8.69 Å². The highest BCUT2D eigenvalue weighted by Crippen LogP contribution is 2.41. The van der Waals surface area contributed by atoms with E-state index in [1.807, 2.05) is 36.4 Å². The van der Waals surface area contributed by atoms with Crippen molar-refractivity contribution in [3.05, 3.63) is 71.8 Å². The van der Waals surface area contributed by atoms with Crippen LogP contribution in [0, 0.1) is 5.92 Å². The van der Waals surface area contributed by atoms with Crippen molar-refractivity contribution in [2.75, 3.05) is 0 Å². The van der Waals surface area contributed by atoms with Crippen LogP contribution >= 0.6 is 8.69 Å². The van der Waals surface area contributed by atoms with Gasteiger partial charge in [0.25, 0.3) is 0 Å². The summed E-state index contributed by atoms with van der Waals surface area (Å²) in [6.07, 6.45) is 4.22. The first-order chi connectivity index (χ1) is 11.2. The molecule has 0 radical (unpaired) electrons. The number of unbranched alkanes of at least 4 members (excludes halogenated alkanes) is 1. The van der Waals surface area contributed by atoms with Gasteiger partial charge in [0.15, 0.2) is 0 Å². The monoisotopic (exact) mass is 328 g/mol. The van der Waals surface area contributed by atoms with Crippen LogP contribution in [0.4, 0.5) is 0 Å². The van der Waals surface area contributed by atoms with Gasteiger partial charge < -0.3 is 0 Å². The van der Waals surface area contributed by atoms with Crippen molar-refractivity contribution in [2.45, 2.75) is 45.1 Å². The van der Waals surface area contributed by atoms with Crippen molar-refractivity contribution in [1.82, 2.24) is 0 Å². The molecule has 0 aliphatic rings. The summed E-state index contributed by atoms with van der Waals surface area (Å²) in [5, 5.41) is 0. The third-order valence-corrected chi connectivity index (χ3v) is 4.62. The van der Waals surface area contributed by atoms with E-state index in [2.05, 4.69) is 38.1 Å². The number of hydrogen-bond acceptors (Lipinski definition) is 2. The number of rotatable bonds is 9. The van der Waals surface area contributed by atoms with Crippen LogP contribution in [0.2, 0.25) is 0 Å². The van der Waals surface area contributed by atoms with E-state index in [0.717, 1.165) is 30.4 Å². The summed E-state index contributed by atoms with van der Waals surface area (Å²) in [6.45, 7) is 4.49. The summed E-state index contributed by atoms with van der Waals surface area (Å²) in [4.78, 5) is 0. The summed E-state index contributed by atoms with van der Waals surface area (Å²) in [5.41, 5.74) is 1.46. The van der Waals surface area contributed by atoms with Crippen molar-refractivity contribution < 1.29 is 9.09 Å². The minimum Gasteiger partial charge on any atom is -0.278 e. The summed E-state index contributed by atoms with van der Waals surface area (Å²) < 4.78 is 17.2. The highest BCUT2D eigenvalue weighted by Gasteiger charge is 2.35. The van der Waals surface area contributed by atoms with Gasteiger partial charge in [-0.25, -0.2) is 4.57 Å². The Morgan fingerprint density at radius 1 is 0.913 bits per heavy atom. The van der Waals surface area contributed by atoms with Gasteiger partial charge in [-0.05, 0) is 29.9 Å². The maximum absolute atomic E-state index is 11.4. The van der Waals surface area contributed by atoms with Gasteiger partial charge >= 0.3 is 8.69 Å². The predicted molar refractivity (Wildman–Crippen MR) is 95.7 cm³/mol. The molecular formula is C20H25O2P. The van der Waals surface area contributed by atoms with Gasteiger partial charge in [-0.3, -0.25) is 4.52 Å². The van der Waals surface area contributed by atoms with Gasteiger partial charge in [0.2, 0.25) is 0 Å². The predicted octanol–water partition coefficient (Wildman–Crippen LogP) is 6.37. The first-order valence-corrected chi connectivity index (χ1v) is 9.04. The average Bonchev–Trinajstić information content (AvgIpc) is 2.59. The summed E-state index contributed by atoms with van der Waals surface area (Å²) >= 11 is 0. The van der Waals surface area contributed by atoms with Gasteiger partial charge in [-0.1, -0.05) is 87.4 Å². The van der Waals surface area contributed by atoms with Crippen molar-refractivity contribution in [1.29, 1.82) is 0 Å². The molecule has 0 aliphatic heterocycles. The Morgan fingerprint density at radius 2 is 1.43 bits per heavy atom. The second kappa shape index (κ2) is 8.96. The van der Waals surface area contributed by atoms with E-state index in [9.17, 15) is 4.57 Å². The third-order valence-electron chi connectivity index (χ3n) is 4.23. The molecule has 23 heavy (non-hydrogen) atoms. The fourth-order valence-corrected chi connectivity index (χ4v) is 3.44. The van der Waals surface area contributed by atoms with Crippen molar-refractivity contribution in [2.24, 2.45) is 5.92 Å². The van der Waals surface area contributed by atoms with Gasteiger partial charge in [0.05, 0.1) is 0 Å². The number of benzene rings is 2. The van der Waals surface area contributed by atoms with Crippen LogP contribution in [0.5, 0.6) is 0 Å². The zero-order valence-electron chi connectivity index (χ0n) is 13.9. The largest absolute Gasteiger partial charge is 0.328 e. The van der Waals surface area contributed by atoms with Crippen molar-refractivity contribution in [3.8, 4) is 0 Å². The van der Waals surface area contributed by atoms with E-state index >= 15 is 0 Å². The molecule has 122 valence electrons. The van der Waals surface area contributed by atoms with E-state index in [1.165, 1.54) is 6.42 Å². The van der Waals surface area contributed by atoms with Crippen LogP contribution < -0.4 is 0 Å². The Labute approximate surface area is 141 Å². The lowest BCUT2D eigenvalue weighted by molar-refractivity contribution is 0.114. The Balaban J connectivity index is 2.33. The fraction of sp³-hybridized carbons (Fsp3) is 0.400. The summed E-state index contributed by atoms with van der Waals surface area (Å²) in [6, 6.07) is 20.2. The zero-order chi connectivity index (χ0) is 16.5. The number of hydrogen-bond donors (Lipinski definition) is 0. The second-order valence-electron chi connectivity index (χ2n) is 6.36. The standard InChI is InChI=1S/C20H25O2P/c1-17(2)11-9-10-16-20(22-23-21,18-12-5-3-6-13-18)19-14-7-4-8-15-19/h3-8,12-15,17H,9-11,16H2,1-2H3. The van der Waals surface area contributed by atoms with Crippen LogP contribution in [0.25, 0.3) is 0 Å². The molecule has 0 bridgehead atoms. The Morgan fingerprint density at radius 3 is 1.87 bits per heavy atom. The maximum Gasteiger partial charge on any atom is 0.328 e. The lowest BCUT2D eigenvalue weighted by Crippen LogP contribution is -2.28. The highest BCUT2D eigenvalue weighted by atomic mass is 31.1. The molecule has 0 spiro atoms. The summed E-state index contributed by atoms with van der Waals surface area (Å²) in [7, 11) is -0.285. The molecule has 0 unspecified atom stereocenters. The molecule has 0 atom stereocenters. The summed E-state index contributed by atoms with van der Waals surface area (Å²) in [5.74, 6) is 0.705. The van der Waals surface area contributed by atoms with Gasteiger partial charge in [-0.2, -0.15) is 0 Å². The molecule has 0 heterocycles. The Kier molecular flexibility index (Phi) is 6.95. The molecule has 0 fully saturated rings. The molecule has 0 amide bonds. The van der Waals surface area contributed by atoms with E-state index in [4.69, 9.17) is 4.52 Å². The van der Waals surface area contributed by atoms with Gasteiger partial charge in [0, 0.05) is 0 Å². The quantitative estimate of drug-likeness (QED) is 0.395. The first kappa shape index (κ1) is 17.8. The van der Waals surface area contributed by atoms with Gasteiger partial charge in [-0.15, -0.1) is 0 Å². The van der Waals surface area contributed by atoms with E-state index in [0.29, 0.717) is 5.92 Å². The highest BCUT2D eigenvalue weighted by molar-refractivity contribution is 7.17. The Hall–Kier alpha value is -1.50. The molecule has 2 aromatic carbocycles. The van der Waals surface area contributed by atoms with Crippen LogP contribution in [-0.4, -0.2) is 0 Å². The fourth-order valence-electron chi connectivity index (χ4n) is 3.01. The SMILES string of the molecule is CC(C)CCCCC(OP=O)(c1ccccc1)c1ccccc1. The average molecular weight is 328 g/mol. The molecule has 0 saturated heterocycles. The van der Waals surface area contributed by atoms with Crippen LogP contribution in [0.1, 0.15) is 50.7 Å².